The Balaban J connectivity index is 1.96. The lowest BCUT2D eigenvalue weighted by atomic mass is 10.0. The number of ether oxygens (including phenoxy) is 1. The molecule has 0 aliphatic rings. The molecule has 7 heteroatoms. The summed E-state index contributed by atoms with van der Waals surface area (Å²) in [4.78, 5) is 37.2. The third-order valence-electron chi connectivity index (χ3n) is 4.40. The van der Waals surface area contributed by atoms with E-state index >= 15 is 0 Å². The number of hydrogen-bond donors (Lipinski definition) is 2. The van der Waals surface area contributed by atoms with Gasteiger partial charge in [-0.15, -0.1) is 0 Å². The Morgan fingerprint density at radius 1 is 1.03 bits per heavy atom. The van der Waals surface area contributed by atoms with E-state index in [1.54, 1.807) is 32.0 Å². The lowest BCUT2D eigenvalue weighted by molar-refractivity contribution is -0.150. The Bertz CT molecular complexity index is 911. The Labute approximate surface area is 179 Å². The van der Waals surface area contributed by atoms with Crippen LogP contribution in [0.4, 0.5) is 5.69 Å². The van der Waals surface area contributed by atoms with Crippen LogP contribution in [0.2, 0.25) is 0 Å². The molecule has 0 bridgehead atoms. The first-order valence-electron chi connectivity index (χ1n) is 9.28. The molecule has 0 aromatic heterocycles. The quantitative estimate of drug-likeness (QED) is 0.611. The third-order valence-corrected chi connectivity index (χ3v) is 4.90. The van der Waals surface area contributed by atoms with Crippen LogP contribution in [0.1, 0.15) is 35.3 Å². The van der Waals surface area contributed by atoms with Gasteiger partial charge in [-0.1, -0.05) is 48.0 Å². The maximum atomic E-state index is 12.5. The van der Waals surface area contributed by atoms with Gasteiger partial charge in [-0.05, 0) is 55.2 Å². The molecule has 154 valence electrons. The minimum atomic E-state index is -0.857. The van der Waals surface area contributed by atoms with Crippen LogP contribution in [0.25, 0.3) is 0 Å². The van der Waals surface area contributed by atoms with Gasteiger partial charge in [0.1, 0.15) is 6.04 Å². The molecule has 0 fully saturated rings. The van der Waals surface area contributed by atoms with Crippen LogP contribution in [0.3, 0.4) is 0 Å². The number of carbonyl (C=O) groups excluding carboxylic acids is 3. The first-order chi connectivity index (χ1) is 13.7. The summed E-state index contributed by atoms with van der Waals surface area (Å²) < 4.78 is 6.06. The van der Waals surface area contributed by atoms with Gasteiger partial charge in [0, 0.05) is 15.7 Å². The van der Waals surface area contributed by atoms with Crippen molar-refractivity contribution in [3.8, 4) is 0 Å². The van der Waals surface area contributed by atoms with E-state index in [0.717, 1.165) is 15.6 Å². The summed E-state index contributed by atoms with van der Waals surface area (Å²) in [5.41, 5.74) is 2.83. The zero-order valence-electron chi connectivity index (χ0n) is 16.9. The number of amides is 2. The molecule has 29 heavy (non-hydrogen) atoms. The number of hydrogen-bond acceptors (Lipinski definition) is 4. The number of anilines is 1. The second kappa shape index (κ2) is 10.2. The van der Waals surface area contributed by atoms with Crippen LogP contribution in [-0.4, -0.2) is 30.4 Å². The SMILES string of the molecule is Cc1cc(Br)ccc1NC(=O)COC(=O)C(NC(=O)c1ccccc1C)C(C)C. The van der Waals surface area contributed by atoms with Crippen LogP contribution >= 0.6 is 15.9 Å². The van der Waals surface area contributed by atoms with Crippen molar-refractivity contribution in [1.29, 1.82) is 0 Å². The Morgan fingerprint density at radius 2 is 1.72 bits per heavy atom. The summed E-state index contributed by atoms with van der Waals surface area (Å²) in [5.74, 6) is -1.65. The topological polar surface area (TPSA) is 84.5 Å². The molecular weight excluding hydrogens is 436 g/mol. The van der Waals surface area contributed by atoms with Crippen LogP contribution in [0.15, 0.2) is 46.9 Å². The summed E-state index contributed by atoms with van der Waals surface area (Å²) in [6, 6.07) is 11.7. The molecule has 1 atom stereocenters. The maximum Gasteiger partial charge on any atom is 0.329 e. The molecule has 2 aromatic carbocycles. The zero-order valence-corrected chi connectivity index (χ0v) is 18.5. The van der Waals surface area contributed by atoms with Gasteiger partial charge in [-0.2, -0.15) is 0 Å². The molecule has 0 aliphatic heterocycles. The van der Waals surface area contributed by atoms with Crippen molar-refractivity contribution >= 4 is 39.4 Å². The highest BCUT2D eigenvalue weighted by atomic mass is 79.9. The van der Waals surface area contributed by atoms with Crippen molar-refractivity contribution in [3.05, 3.63) is 63.6 Å². The Hall–Kier alpha value is -2.67. The summed E-state index contributed by atoms with van der Waals surface area (Å²) in [5, 5.41) is 5.42. The summed E-state index contributed by atoms with van der Waals surface area (Å²) in [7, 11) is 0. The highest BCUT2D eigenvalue weighted by molar-refractivity contribution is 9.10. The average Bonchev–Trinajstić information content (AvgIpc) is 2.66. The number of rotatable bonds is 7. The molecule has 2 amide bonds. The van der Waals surface area contributed by atoms with Gasteiger partial charge in [0.15, 0.2) is 6.61 Å². The van der Waals surface area contributed by atoms with E-state index in [1.807, 2.05) is 38.1 Å². The lowest BCUT2D eigenvalue weighted by Gasteiger charge is -2.21. The van der Waals surface area contributed by atoms with Gasteiger partial charge in [0.05, 0.1) is 0 Å². The van der Waals surface area contributed by atoms with Gasteiger partial charge in [-0.25, -0.2) is 4.79 Å². The molecule has 0 saturated carbocycles. The molecule has 0 saturated heterocycles. The fourth-order valence-corrected chi connectivity index (χ4v) is 3.20. The second-order valence-electron chi connectivity index (χ2n) is 7.13. The van der Waals surface area contributed by atoms with E-state index in [0.29, 0.717) is 11.3 Å². The van der Waals surface area contributed by atoms with Gasteiger partial charge in [0.25, 0.3) is 11.8 Å². The van der Waals surface area contributed by atoms with E-state index in [2.05, 4.69) is 26.6 Å². The van der Waals surface area contributed by atoms with Crippen molar-refractivity contribution in [3.63, 3.8) is 0 Å². The number of benzene rings is 2. The molecule has 2 rings (SSSR count). The number of esters is 1. The number of halogens is 1. The molecular formula is C22H25BrN2O4. The molecule has 6 nitrogen and oxygen atoms in total. The van der Waals surface area contributed by atoms with E-state index in [-0.39, 0.29) is 11.8 Å². The number of carbonyl (C=O) groups is 3. The third kappa shape index (κ3) is 6.42. The molecule has 2 aromatic rings. The lowest BCUT2D eigenvalue weighted by Crippen LogP contribution is -2.46. The smallest absolute Gasteiger partial charge is 0.329 e. The van der Waals surface area contributed by atoms with Gasteiger partial charge in [-0.3, -0.25) is 9.59 Å². The Kier molecular flexibility index (Phi) is 7.96. The average molecular weight is 461 g/mol. The predicted octanol–water partition coefficient (Wildman–Crippen LogP) is 4.00. The van der Waals surface area contributed by atoms with Gasteiger partial charge in [0.2, 0.25) is 0 Å². The minimum Gasteiger partial charge on any atom is -0.454 e. The van der Waals surface area contributed by atoms with Gasteiger partial charge < -0.3 is 15.4 Å². The molecule has 2 N–H and O–H groups in total. The normalized spacial score (nSPS) is 11.7. The first kappa shape index (κ1) is 22.6. The molecule has 0 heterocycles. The number of nitrogens with one attached hydrogen (secondary N) is 2. The number of aryl methyl sites for hydroxylation is 2. The summed E-state index contributed by atoms with van der Waals surface area (Å²) in [6.45, 7) is 6.86. The molecule has 0 aliphatic carbocycles. The monoisotopic (exact) mass is 460 g/mol. The molecule has 0 spiro atoms. The minimum absolute atomic E-state index is 0.202. The summed E-state index contributed by atoms with van der Waals surface area (Å²) in [6.07, 6.45) is 0. The second-order valence-corrected chi connectivity index (χ2v) is 8.04. The van der Waals surface area contributed by atoms with Crippen LogP contribution in [0, 0.1) is 19.8 Å². The van der Waals surface area contributed by atoms with E-state index in [4.69, 9.17) is 4.74 Å². The van der Waals surface area contributed by atoms with Crippen molar-refractivity contribution in [2.45, 2.75) is 33.7 Å². The van der Waals surface area contributed by atoms with Gasteiger partial charge >= 0.3 is 5.97 Å². The van der Waals surface area contributed by atoms with Crippen LogP contribution < -0.4 is 10.6 Å². The standard InChI is InChI=1S/C22H25BrN2O4/c1-13(2)20(25-21(27)17-8-6-5-7-14(17)3)22(28)29-12-19(26)24-18-10-9-16(23)11-15(18)4/h5-11,13,20H,12H2,1-4H3,(H,24,26)(H,25,27). The highest BCUT2D eigenvalue weighted by Gasteiger charge is 2.27. The van der Waals surface area contributed by atoms with E-state index in [1.165, 1.54) is 0 Å². The highest BCUT2D eigenvalue weighted by Crippen LogP contribution is 2.20. The predicted molar refractivity (Wildman–Crippen MR) is 116 cm³/mol. The maximum absolute atomic E-state index is 12.5. The van der Waals surface area contributed by atoms with Crippen molar-refractivity contribution in [2.75, 3.05) is 11.9 Å². The van der Waals surface area contributed by atoms with E-state index < -0.39 is 24.5 Å². The largest absolute Gasteiger partial charge is 0.454 e. The zero-order chi connectivity index (χ0) is 21.6. The van der Waals surface area contributed by atoms with Crippen LogP contribution in [-0.2, 0) is 14.3 Å². The molecule has 0 radical (unpaired) electrons. The van der Waals surface area contributed by atoms with Crippen molar-refractivity contribution in [1.82, 2.24) is 5.32 Å². The fraction of sp³-hybridized carbons (Fsp3) is 0.318. The molecule has 1 unspecified atom stereocenters. The van der Waals surface area contributed by atoms with Crippen molar-refractivity contribution in [2.24, 2.45) is 5.92 Å². The first-order valence-corrected chi connectivity index (χ1v) is 10.1. The summed E-state index contributed by atoms with van der Waals surface area (Å²) >= 11 is 3.37. The fourth-order valence-electron chi connectivity index (χ4n) is 2.72. The van der Waals surface area contributed by atoms with E-state index in [9.17, 15) is 14.4 Å². The van der Waals surface area contributed by atoms with Crippen LogP contribution in [0.5, 0.6) is 0 Å². The van der Waals surface area contributed by atoms with Crippen molar-refractivity contribution < 1.29 is 19.1 Å². The Morgan fingerprint density at radius 3 is 2.34 bits per heavy atom.